The number of hydrogen-bond acceptors (Lipinski definition) is 3. The van der Waals surface area contributed by atoms with Crippen LogP contribution >= 0.6 is 15.9 Å². The first-order valence-electron chi connectivity index (χ1n) is 8.34. The smallest absolute Gasteiger partial charge is 0.267 e. The van der Waals surface area contributed by atoms with Gasteiger partial charge in [-0.25, -0.2) is 5.01 Å². The summed E-state index contributed by atoms with van der Waals surface area (Å²) in [7, 11) is 0. The second-order valence-corrected chi connectivity index (χ2v) is 6.99. The molecule has 0 saturated heterocycles. The maximum atomic E-state index is 13.1. The summed E-state index contributed by atoms with van der Waals surface area (Å²) in [5, 5.41) is 6.27. The van der Waals surface area contributed by atoms with Gasteiger partial charge in [0.15, 0.2) is 0 Å². The Kier molecular flexibility index (Phi) is 4.63. The summed E-state index contributed by atoms with van der Waals surface area (Å²) >= 11 is 3.46. The quantitative estimate of drug-likeness (QED) is 0.625. The second kappa shape index (κ2) is 7.22. The van der Waals surface area contributed by atoms with E-state index in [1.54, 1.807) is 17.4 Å². The van der Waals surface area contributed by atoms with Gasteiger partial charge >= 0.3 is 0 Å². The highest BCUT2D eigenvalue weighted by molar-refractivity contribution is 9.10. The van der Waals surface area contributed by atoms with Crippen molar-refractivity contribution in [1.29, 1.82) is 0 Å². The lowest BCUT2D eigenvalue weighted by molar-refractivity contribution is 0.0711. The van der Waals surface area contributed by atoms with Crippen LogP contribution < -0.4 is 0 Å². The van der Waals surface area contributed by atoms with Crippen LogP contribution in [0.4, 0.5) is 0 Å². The standard InChI is InChI=1S/C21H16BrN3O/c22-18-10-8-15(9-11-18)19-13-20(17-7-4-12-23-14-17)25(24-19)21(26)16-5-2-1-3-6-16/h1-12,14,20H,13H2. The molecule has 1 aliphatic heterocycles. The number of halogens is 1. The molecule has 1 amide bonds. The van der Waals surface area contributed by atoms with Crippen LogP contribution in [0.5, 0.6) is 0 Å². The van der Waals surface area contributed by atoms with Crippen molar-refractivity contribution < 1.29 is 4.79 Å². The topological polar surface area (TPSA) is 45.6 Å². The van der Waals surface area contributed by atoms with E-state index >= 15 is 0 Å². The van der Waals surface area contributed by atoms with Gasteiger partial charge in [-0.05, 0) is 41.5 Å². The van der Waals surface area contributed by atoms with Crippen molar-refractivity contribution in [2.45, 2.75) is 12.5 Å². The van der Waals surface area contributed by atoms with E-state index in [9.17, 15) is 4.79 Å². The molecular formula is C21H16BrN3O. The van der Waals surface area contributed by atoms with Crippen LogP contribution in [-0.2, 0) is 0 Å². The van der Waals surface area contributed by atoms with Gasteiger partial charge in [-0.15, -0.1) is 0 Å². The van der Waals surface area contributed by atoms with Crippen molar-refractivity contribution in [3.05, 3.63) is 100 Å². The minimum Gasteiger partial charge on any atom is -0.267 e. The zero-order chi connectivity index (χ0) is 17.9. The Bertz CT molecular complexity index is 940. The van der Waals surface area contributed by atoms with Crippen LogP contribution in [0.15, 0.2) is 88.7 Å². The van der Waals surface area contributed by atoms with Crippen LogP contribution in [0.3, 0.4) is 0 Å². The lowest BCUT2D eigenvalue weighted by atomic mass is 9.99. The van der Waals surface area contributed by atoms with E-state index in [1.165, 1.54) is 0 Å². The van der Waals surface area contributed by atoms with E-state index in [1.807, 2.05) is 66.7 Å². The molecule has 4 rings (SSSR count). The largest absolute Gasteiger partial charge is 0.274 e. The molecule has 26 heavy (non-hydrogen) atoms. The summed E-state index contributed by atoms with van der Waals surface area (Å²) < 4.78 is 1.01. The first-order chi connectivity index (χ1) is 12.7. The lowest BCUT2D eigenvalue weighted by Crippen LogP contribution is -2.27. The Morgan fingerprint density at radius 1 is 1.00 bits per heavy atom. The predicted octanol–water partition coefficient (Wildman–Crippen LogP) is 4.84. The van der Waals surface area contributed by atoms with Crippen LogP contribution in [0.25, 0.3) is 0 Å². The molecule has 0 aliphatic carbocycles. The second-order valence-electron chi connectivity index (χ2n) is 6.08. The van der Waals surface area contributed by atoms with Gasteiger partial charge in [-0.1, -0.05) is 52.3 Å². The van der Waals surface area contributed by atoms with Crippen molar-refractivity contribution in [2.75, 3.05) is 0 Å². The normalized spacial score (nSPS) is 16.4. The third kappa shape index (κ3) is 3.30. The average molecular weight is 406 g/mol. The fourth-order valence-corrected chi connectivity index (χ4v) is 3.32. The van der Waals surface area contributed by atoms with Crippen LogP contribution in [0, 0.1) is 0 Å². The van der Waals surface area contributed by atoms with E-state index in [-0.39, 0.29) is 11.9 Å². The molecule has 4 nitrogen and oxygen atoms in total. The number of aromatic nitrogens is 1. The minimum absolute atomic E-state index is 0.105. The summed E-state index contributed by atoms with van der Waals surface area (Å²) in [5.74, 6) is -0.105. The van der Waals surface area contributed by atoms with Crippen LogP contribution in [-0.4, -0.2) is 21.6 Å². The summed E-state index contributed by atoms with van der Waals surface area (Å²) in [4.78, 5) is 17.3. The number of rotatable bonds is 3. The fraction of sp³-hybridized carbons (Fsp3) is 0.0952. The highest BCUT2D eigenvalue weighted by Gasteiger charge is 2.33. The third-order valence-corrected chi connectivity index (χ3v) is 4.91. The number of pyridine rings is 1. The van der Waals surface area contributed by atoms with Crippen LogP contribution in [0.1, 0.15) is 33.9 Å². The van der Waals surface area contributed by atoms with Crippen molar-refractivity contribution >= 4 is 27.5 Å². The molecule has 1 aliphatic rings. The van der Waals surface area contributed by atoms with E-state index in [0.717, 1.165) is 21.3 Å². The Morgan fingerprint density at radius 2 is 1.77 bits per heavy atom. The van der Waals surface area contributed by atoms with E-state index < -0.39 is 0 Å². The molecule has 5 heteroatoms. The Labute approximate surface area is 160 Å². The average Bonchev–Trinajstić information content (AvgIpc) is 3.15. The predicted molar refractivity (Wildman–Crippen MR) is 105 cm³/mol. The number of nitrogens with zero attached hydrogens (tertiary/aromatic N) is 3. The van der Waals surface area contributed by atoms with E-state index in [2.05, 4.69) is 26.0 Å². The molecule has 0 radical (unpaired) electrons. The molecule has 2 heterocycles. The van der Waals surface area contributed by atoms with Gasteiger partial charge in [0.05, 0.1) is 11.8 Å². The molecule has 0 bridgehead atoms. The summed E-state index contributed by atoms with van der Waals surface area (Å²) in [6.07, 6.45) is 4.19. The maximum absolute atomic E-state index is 13.1. The molecule has 0 fully saturated rings. The van der Waals surface area contributed by atoms with Gasteiger partial charge in [0.25, 0.3) is 5.91 Å². The van der Waals surface area contributed by atoms with Gasteiger partial charge in [0, 0.05) is 28.9 Å². The van der Waals surface area contributed by atoms with Crippen LogP contribution in [0.2, 0.25) is 0 Å². The molecule has 1 unspecified atom stereocenters. The number of amides is 1. The molecule has 2 aromatic carbocycles. The molecule has 128 valence electrons. The molecule has 0 N–H and O–H groups in total. The number of carbonyl (C=O) groups is 1. The first-order valence-corrected chi connectivity index (χ1v) is 9.13. The summed E-state index contributed by atoms with van der Waals surface area (Å²) in [5.41, 5.74) is 3.52. The summed E-state index contributed by atoms with van der Waals surface area (Å²) in [6.45, 7) is 0. The molecule has 0 spiro atoms. The monoisotopic (exact) mass is 405 g/mol. The zero-order valence-corrected chi connectivity index (χ0v) is 15.5. The fourth-order valence-electron chi connectivity index (χ4n) is 3.06. The lowest BCUT2D eigenvalue weighted by Gasteiger charge is -2.21. The molecule has 1 aromatic heterocycles. The molecular weight excluding hydrogens is 390 g/mol. The summed E-state index contributed by atoms with van der Waals surface area (Å²) in [6, 6.07) is 21.0. The number of hydrogen-bond donors (Lipinski definition) is 0. The SMILES string of the molecule is O=C(c1ccccc1)N1N=C(c2ccc(Br)cc2)CC1c1cccnc1. The Morgan fingerprint density at radius 3 is 2.46 bits per heavy atom. The maximum Gasteiger partial charge on any atom is 0.274 e. The molecule has 0 saturated carbocycles. The number of carbonyl (C=O) groups excluding carboxylic acids is 1. The van der Waals surface area contributed by atoms with Gasteiger partial charge in [0.2, 0.25) is 0 Å². The van der Waals surface area contributed by atoms with Gasteiger partial charge in [-0.2, -0.15) is 5.10 Å². The van der Waals surface area contributed by atoms with Crippen molar-refractivity contribution in [3.8, 4) is 0 Å². The zero-order valence-electron chi connectivity index (χ0n) is 13.9. The first kappa shape index (κ1) is 16.7. The Hall–Kier alpha value is -2.79. The van der Waals surface area contributed by atoms with Crippen molar-refractivity contribution in [1.82, 2.24) is 9.99 Å². The molecule has 3 aromatic rings. The number of hydrazone groups is 1. The number of benzene rings is 2. The van der Waals surface area contributed by atoms with Gasteiger partial charge < -0.3 is 0 Å². The minimum atomic E-state index is -0.157. The highest BCUT2D eigenvalue weighted by atomic mass is 79.9. The van der Waals surface area contributed by atoms with Gasteiger partial charge in [-0.3, -0.25) is 9.78 Å². The van der Waals surface area contributed by atoms with Crippen molar-refractivity contribution in [2.24, 2.45) is 5.10 Å². The Balaban J connectivity index is 1.72. The van der Waals surface area contributed by atoms with Gasteiger partial charge in [0.1, 0.15) is 0 Å². The third-order valence-electron chi connectivity index (χ3n) is 4.39. The molecule has 1 atom stereocenters. The van der Waals surface area contributed by atoms with E-state index in [0.29, 0.717) is 12.0 Å². The van der Waals surface area contributed by atoms with E-state index in [4.69, 9.17) is 0 Å². The highest BCUT2D eigenvalue weighted by Crippen LogP contribution is 2.33. The van der Waals surface area contributed by atoms with Crippen molar-refractivity contribution in [3.63, 3.8) is 0 Å².